The molecule has 5 nitrogen and oxygen atoms in total. The summed E-state index contributed by atoms with van der Waals surface area (Å²) in [7, 11) is 0. The lowest BCUT2D eigenvalue weighted by Crippen LogP contribution is -2.45. The van der Waals surface area contributed by atoms with E-state index in [4.69, 9.17) is 0 Å². The number of piperidine rings is 1. The van der Waals surface area contributed by atoms with E-state index in [1.165, 1.54) is 0 Å². The number of nitrogens with one attached hydrogen (secondary N) is 1. The quantitative estimate of drug-likeness (QED) is 0.886. The zero-order valence-electron chi connectivity index (χ0n) is 13.7. The van der Waals surface area contributed by atoms with Gasteiger partial charge in [-0.3, -0.25) is 4.79 Å². The molecule has 0 radical (unpaired) electrons. The van der Waals surface area contributed by atoms with Crippen molar-refractivity contribution in [3.63, 3.8) is 0 Å². The van der Waals surface area contributed by atoms with Gasteiger partial charge in [0.15, 0.2) is 0 Å². The van der Waals surface area contributed by atoms with Gasteiger partial charge in [-0.2, -0.15) is 0 Å². The van der Waals surface area contributed by atoms with Crippen LogP contribution in [0.25, 0.3) is 0 Å². The monoisotopic (exact) mass is 325 g/mol. The van der Waals surface area contributed by atoms with Gasteiger partial charge in [0.25, 0.3) is 0 Å². The number of aromatic nitrogens is 1. The molecule has 1 aliphatic rings. The van der Waals surface area contributed by atoms with Crippen LogP contribution in [0.3, 0.4) is 0 Å². The number of benzene rings is 1. The van der Waals surface area contributed by atoms with E-state index in [1.807, 2.05) is 30.5 Å². The first-order valence-corrected chi connectivity index (χ1v) is 8.44. The number of amides is 1. The molecule has 3 rings (SSSR count). The van der Waals surface area contributed by atoms with Gasteiger partial charge < -0.3 is 15.3 Å². The molecule has 0 aliphatic carbocycles. The largest absolute Gasteiger partial charge is 0.508 e. The van der Waals surface area contributed by atoms with Crippen LogP contribution in [-0.2, 0) is 11.2 Å². The summed E-state index contributed by atoms with van der Waals surface area (Å²) in [6.07, 6.45) is 4.78. The van der Waals surface area contributed by atoms with E-state index in [0.29, 0.717) is 12.8 Å². The molecule has 1 aromatic heterocycles. The molecule has 2 N–H and O–H groups in total. The molecule has 24 heavy (non-hydrogen) atoms. The van der Waals surface area contributed by atoms with Crippen LogP contribution in [0.1, 0.15) is 24.8 Å². The van der Waals surface area contributed by atoms with E-state index in [-0.39, 0.29) is 17.7 Å². The van der Waals surface area contributed by atoms with Crippen LogP contribution in [0.4, 0.5) is 5.82 Å². The van der Waals surface area contributed by atoms with Crippen LogP contribution in [0.5, 0.6) is 5.75 Å². The fourth-order valence-electron chi connectivity index (χ4n) is 3.06. The highest BCUT2D eigenvalue weighted by Gasteiger charge is 2.21. The summed E-state index contributed by atoms with van der Waals surface area (Å²) < 4.78 is 0. The van der Waals surface area contributed by atoms with Crippen molar-refractivity contribution < 1.29 is 9.90 Å². The average molecular weight is 325 g/mol. The zero-order chi connectivity index (χ0) is 16.8. The minimum Gasteiger partial charge on any atom is -0.508 e. The highest BCUT2D eigenvalue weighted by Crippen LogP contribution is 2.17. The van der Waals surface area contributed by atoms with Crippen LogP contribution in [0, 0.1) is 0 Å². The van der Waals surface area contributed by atoms with Gasteiger partial charge in [0.2, 0.25) is 5.91 Å². The summed E-state index contributed by atoms with van der Waals surface area (Å²) in [5, 5.41) is 12.6. The molecule has 2 heterocycles. The highest BCUT2D eigenvalue weighted by molar-refractivity contribution is 5.76. The number of carbonyl (C=O) groups excluding carboxylic acids is 1. The number of hydrogen-bond donors (Lipinski definition) is 2. The average Bonchev–Trinajstić information content (AvgIpc) is 2.61. The molecule has 1 aromatic carbocycles. The highest BCUT2D eigenvalue weighted by atomic mass is 16.3. The fraction of sp³-hybridized carbons (Fsp3) is 0.368. The van der Waals surface area contributed by atoms with Gasteiger partial charge in [-0.15, -0.1) is 0 Å². The molecule has 0 spiro atoms. The van der Waals surface area contributed by atoms with E-state index in [0.717, 1.165) is 37.3 Å². The number of aromatic hydroxyl groups is 1. The molecule has 0 unspecified atom stereocenters. The van der Waals surface area contributed by atoms with Crippen LogP contribution in [0.2, 0.25) is 0 Å². The second kappa shape index (κ2) is 7.81. The molecular weight excluding hydrogens is 302 g/mol. The number of carbonyl (C=O) groups is 1. The van der Waals surface area contributed by atoms with Gasteiger partial charge in [-0.25, -0.2) is 4.98 Å². The molecule has 0 atom stereocenters. The molecule has 1 aliphatic heterocycles. The minimum atomic E-state index is 0.0784. The Morgan fingerprint density at radius 2 is 2.04 bits per heavy atom. The molecule has 0 bridgehead atoms. The van der Waals surface area contributed by atoms with Crippen molar-refractivity contribution in [3.8, 4) is 5.75 Å². The maximum Gasteiger partial charge on any atom is 0.220 e. The van der Waals surface area contributed by atoms with Crippen LogP contribution >= 0.6 is 0 Å². The molecule has 126 valence electrons. The third kappa shape index (κ3) is 4.47. The first kappa shape index (κ1) is 16.3. The number of nitrogens with zero attached hydrogens (tertiary/aromatic N) is 2. The van der Waals surface area contributed by atoms with E-state index in [2.05, 4.69) is 15.2 Å². The molecule has 1 amide bonds. The molecule has 0 saturated carbocycles. The summed E-state index contributed by atoms with van der Waals surface area (Å²) in [6.45, 7) is 1.82. The molecule has 1 saturated heterocycles. The van der Waals surface area contributed by atoms with E-state index in [1.54, 1.807) is 18.2 Å². The number of aryl methyl sites for hydroxylation is 1. The summed E-state index contributed by atoms with van der Waals surface area (Å²) in [5.74, 6) is 1.33. The predicted octanol–water partition coefficient (Wildman–Crippen LogP) is 2.51. The van der Waals surface area contributed by atoms with Crippen molar-refractivity contribution in [1.82, 2.24) is 10.3 Å². The Balaban J connectivity index is 1.42. The number of pyridine rings is 1. The smallest absolute Gasteiger partial charge is 0.220 e. The van der Waals surface area contributed by atoms with Gasteiger partial charge in [-0.05, 0) is 49.1 Å². The maximum atomic E-state index is 12.1. The number of hydrogen-bond acceptors (Lipinski definition) is 4. The molecule has 2 aromatic rings. The normalized spacial score (nSPS) is 15.2. The number of phenols is 1. The summed E-state index contributed by atoms with van der Waals surface area (Å²) in [4.78, 5) is 18.8. The van der Waals surface area contributed by atoms with Gasteiger partial charge in [0.1, 0.15) is 11.6 Å². The van der Waals surface area contributed by atoms with Crippen molar-refractivity contribution in [2.75, 3.05) is 18.0 Å². The second-order valence-electron chi connectivity index (χ2n) is 6.19. The molecule has 5 heteroatoms. The van der Waals surface area contributed by atoms with Gasteiger partial charge in [-0.1, -0.05) is 18.2 Å². The van der Waals surface area contributed by atoms with Crippen molar-refractivity contribution in [2.45, 2.75) is 31.7 Å². The van der Waals surface area contributed by atoms with Gasteiger partial charge in [0, 0.05) is 31.7 Å². The minimum absolute atomic E-state index is 0.0784. The van der Waals surface area contributed by atoms with Crippen LogP contribution < -0.4 is 10.2 Å². The van der Waals surface area contributed by atoms with Crippen molar-refractivity contribution in [1.29, 1.82) is 0 Å². The Morgan fingerprint density at radius 1 is 1.21 bits per heavy atom. The Bertz CT molecular complexity index is 667. The van der Waals surface area contributed by atoms with Crippen molar-refractivity contribution >= 4 is 11.7 Å². The maximum absolute atomic E-state index is 12.1. The second-order valence-corrected chi connectivity index (χ2v) is 6.19. The topological polar surface area (TPSA) is 65.5 Å². The Labute approximate surface area is 142 Å². The van der Waals surface area contributed by atoms with Crippen LogP contribution in [0.15, 0.2) is 48.7 Å². The standard InChI is InChI=1S/C19H23N3O2/c23-17-5-3-4-15(14-17)7-8-19(24)21-16-9-12-22(13-10-16)18-6-1-2-11-20-18/h1-6,11,14,16,23H,7-10,12-13H2,(H,21,24). The lowest BCUT2D eigenvalue weighted by Gasteiger charge is -2.33. The Hall–Kier alpha value is -2.56. The fourth-order valence-corrected chi connectivity index (χ4v) is 3.06. The van der Waals surface area contributed by atoms with Gasteiger partial charge >= 0.3 is 0 Å². The van der Waals surface area contributed by atoms with Crippen LogP contribution in [-0.4, -0.2) is 35.1 Å². The SMILES string of the molecule is O=C(CCc1cccc(O)c1)NC1CCN(c2ccccn2)CC1. The summed E-state index contributed by atoms with van der Waals surface area (Å²) in [6, 6.07) is 13.3. The van der Waals surface area contributed by atoms with E-state index >= 15 is 0 Å². The number of phenolic OH excluding ortho intramolecular Hbond substituents is 1. The third-order valence-electron chi connectivity index (χ3n) is 4.38. The van der Waals surface area contributed by atoms with Crippen molar-refractivity contribution in [2.24, 2.45) is 0 Å². The molecule has 1 fully saturated rings. The number of anilines is 1. The zero-order valence-corrected chi connectivity index (χ0v) is 13.7. The summed E-state index contributed by atoms with van der Waals surface area (Å²) in [5.41, 5.74) is 0.982. The van der Waals surface area contributed by atoms with Gasteiger partial charge in [0.05, 0.1) is 0 Å². The third-order valence-corrected chi connectivity index (χ3v) is 4.38. The lowest BCUT2D eigenvalue weighted by atomic mass is 10.0. The Morgan fingerprint density at radius 3 is 2.75 bits per heavy atom. The predicted molar refractivity (Wildman–Crippen MR) is 94.0 cm³/mol. The molecular formula is C19H23N3O2. The lowest BCUT2D eigenvalue weighted by molar-refractivity contribution is -0.121. The number of rotatable bonds is 5. The first-order valence-electron chi connectivity index (χ1n) is 8.44. The van der Waals surface area contributed by atoms with E-state index < -0.39 is 0 Å². The first-order chi connectivity index (χ1) is 11.7. The summed E-state index contributed by atoms with van der Waals surface area (Å²) >= 11 is 0. The van der Waals surface area contributed by atoms with E-state index in [9.17, 15) is 9.90 Å². The van der Waals surface area contributed by atoms with Crippen molar-refractivity contribution in [3.05, 3.63) is 54.2 Å². The Kier molecular flexibility index (Phi) is 5.31.